The van der Waals surface area contributed by atoms with Gasteiger partial charge in [0, 0.05) is 43.5 Å². The standard InChI is InChI=1S/C41H53N3O5S/c1-7-47-39(48-8-2)28(3)44(26-29-27-50-37-23-14-13-17-30(29)37)38(45)36(22-15-16-24-42-40(46)49-41(4,5)6)43-25-35-33-20-11-9-18-31(33)32-19-10-12-21-34(32)35/h9-14,17-21,23,27-28,35-36,39,43H,7-8,15-16,22,24-26H2,1-6H3,(H,42,46)/t28-,36-/m0/s1. The van der Waals surface area contributed by atoms with Crippen molar-refractivity contribution in [1.82, 2.24) is 15.5 Å². The van der Waals surface area contributed by atoms with Gasteiger partial charge in [-0.3, -0.25) is 4.79 Å². The number of carbonyl (C=O) groups excluding carboxylic acids is 2. The molecule has 0 saturated heterocycles. The third-order valence-corrected chi connectivity index (χ3v) is 10.2. The molecule has 50 heavy (non-hydrogen) atoms. The van der Waals surface area contributed by atoms with Gasteiger partial charge in [0.2, 0.25) is 5.91 Å². The minimum absolute atomic E-state index is 0.0110. The third-order valence-electron chi connectivity index (χ3n) is 9.15. The van der Waals surface area contributed by atoms with Crippen LogP contribution in [-0.2, 0) is 25.5 Å². The van der Waals surface area contributed by atoms with Gasteiger partial charge in [0.05, 0.1) is 12.1 Å². The van der Waals surface area contributed by atoms with E-state index in [1.807, 2.05) is 58.6 Å². The zero-order valence-electron chi connectivity index (χ0n) is 30.4. The quantitative estimate of drug-likeness (QED) is 0.0849. The van der Waals surface area contributed by atoms with Crippen LogP contribution in [0.1, 0.15) is 83.4 Å². The maximum absolute atomic E-state index is 15.0. The number of hydrogen-bond acceptors (Lipinski definition) is 7. The number of alkyl carbamates (subject to hydrolysis) is 1. The van der Waals surface area contributed by atoms with Crippen molar-refractivity contribution in [2.45, 2.75) is 97.2 Å². The maximum Gasteiger partial charge on any atom is 0.407 e. The predicted molar refractivity (Wildman–Crippen MR) is 202 cm³/mol. The monoisotopic (exact) mass is 699 g/mol. The lowest BCUT2D eigenvalue weighted by atomic mass is 9.96. The molecule has 2 atom stereocenters. The molecule has 1 heterocycles. The number of fused-ring (bicyclic) bond motifs is 4. The first-order valence-corrected chi connectivity index (χ1v) is 18.9. The van der Waals surface area contributed by atoms with Crippen LogP contribution in [0.15, 0.2) is 78.2 Å². The summed E-state index contributed by atoms with van der Waals surface area (Å²) in [5.41, 5.74) is 5.60. The van der Waals surface area contributed by atoms with E-state index in [1.165, 1.54) is 27.0 Å². The molecule has 2 amide bonds. The summed E-state index contributed by atoms with van der Waals surface area (Å²) >= 11 is 1.69. The second kappa shape index (κ2) is 17.4. The Balaban J connectivity index is 1.40. The Bertz CT molecular complexity index is 1660. The van der Waals surface area contributed by atoms with Gasteiger partial charge >= 0.3 is 6.09 Å². The number of nitrogens with one attached hydrogen (secondary N) is 2. The van der Waals surface area contributed by atoms with Crippen LogP contribution in [0, 0.1) is 0 Å². The number of nitrogens with zero attached hydrogens (tertiary/aromatic N) is 1. The number of rotatable bonds is 17. The largest absolute Gasteiger partial charge is 0.444 e. The number of carbonyl (C=O) groups is 2. The number of thiophene rings is 1. The normalized spacial score (nSPS) is 14.0. The molecule has 0 fully saturated rings. The maximum atomic E-state index is 15.0. The fourth-order valence-electron chi connectivity index (χ4n) is 6.79. The van der Waals surface area contributed by atoms with E-state index in [2.05, 4.69) is 76.7 Å². The summed E-state index contributed by atoms with van der Waals surface area (Å²) in [7, 11) is 0. The predicted octanol–water partition coefficient (Wildman–Crippen LogP) is 8.48. The van der Waals surface area contributed by atoms with E-state index in [9.17, 15) is 9.59 Å². The van der Waals surface area contributed by atoms with Crippen LogP contribution in [-0.4, -0.2) is 67.2 Å². The first kappa shape index (κ1) is 37.5. The molecule has 1 aliphatic rings. The number of unbranched alkanes of at least 4 members (excludes halogenated alkanes) is 1. The molecule has 0 bridgehead atoms. The van der Waals surface area contributed by atoms with Gasteiger partial charge in [-0.1, -0.05) is 66.7 Å². The summed E-state index contributed by atoms with van der Waals surface area (Å²) in [5, 5.41) is 9.92. The molecular formula is C41H53N3O5S. The van der Waals surface area contributed by atoms with Crippen LogP contribution in [0.2, 0.25) is 0 Å². The van der Waals surface area contributed by atoms with Crippen LogP contribution in [0.4, 0.5) is 4.79 Å². The van der Waals surface area contributed by atoms with Gasteiger partial charge in [-0.15, -0.1) is 11.3 Å². The lowest BCUT2D eigenvalue weighted by Gasteiger charge is -2.37. The van der Waals surface area contributed by atoms with Crippen molar-refractivity contribution in [3.63, 3.8) is 0 Å². The lowest BCUT2D eigenvalue weighted by molar-refractivity contribution is -0.179. The van der Waals surface area contributed by atoms with Crippen molar-refractivity contribution in [1.29, 1.82) is 0 Å². The van der Waals surface area contributed by atoms with Gasteiger partial charge in [-0.05, 0) is 105 Å². The first-order valence-electron chi connectivity index (χ1n) is 18.0. The van der Waals surface area contributed by atoms with Gasteiger partial charge in [0.25, 0.3) is 0 Å². The molecule has 0 spiro atoms. The number of benzene rings is 3. The lowest BCUT2D eigenvalue weighted by Crippen LogP contribution is -2.54. The van der Waals surface area contributed by atoms with Crippen LogP contribution < -0.4 is 10.6 Å². The summed E-state index contributed by atoms with van der Waals surface area (Å²) in [5.74, 6) is 0.134. The molecule has 1 aliphatic carbocycles. The van der Waals surface area contributed by atoms with E-state index in [-0.39, 0.29) is 17.9 Å². The molecule has 0 aliphatic heterocycles. The Kier molecular flexibility index (Phi) is 13.1. The highest BCUT2D eigenvalue weighted by atomic mass is 32.1. The molecule has 0 unspecified atom stereocenters. The minimum Gasteiger partial charge on any atom is -0.444 e. The Morgan fingerprint density at radius 1 is 0.880 bits per heavy atom. The van der Waals surface area contributed by atoms with Crippen LogP contribution in [0.25, 0.3) is 21.2 Å². The van der Waals surface area contributed by atoms with Gasteiger partial charge in [0.15, 0.2) is 6.29 Å². The molecule has 8 nitrogen and oxygen atoms in total. The second-order valence-electron chi connectivity index (χ2n) is 13.9. The van der Waals surface area contributed by atoms with Crippen LogP contribution >= 0.6 is 11.3 Å². The summed E-state index contributed by atoms with van der Waals surface area (Å²) in [6, 6.07) is 24.7. The number of amides is 2. The summed E-state index contributed by atoms with van der Waals surface area (Å²) in [6.07, 6.45) is 1.06. The van der Waals surface area contributed by atoms with E-state index >= 15 is 0 Å². The fourth-order valence-corrected chi connectivity index (χ4v) is 7.75. The van der Waals surface area contributed by atoms with Gasteiger partial charge in [0.1, 0.15) is 5.60 Å². The third kappa shape index (κ3) is 9.31. The highest BCUT2D eigenvalue weighted by molar-refractivity contribution is 7.17. The van der Waals surface area contributed by atoms with Crippen molar-refractivity contribution in [2.75, 3.05) is 26.3 Å². The molecule has 1 aromatic heterocycles. The highest BCUT2D eigenvalue weighted by Crippen LogP contribution is 2.44. The number of ether oxygens (including phenoxy) is 3. The van der Waals surface area contributed by atoms with E-state index in [1.54, 1.807) is 11.3 Å². The molecule has 0 saturated carbocycles. The van der Waals surface area contributed by atoms with E-state index in [0.717, 1.165) is 17.4 Å². The van der Waals surface area contributed by atoms with Crippen LogP contribution in [0.5, 0.6) is 0 Å². The minimum atomic E-state index is -0.564. The summed E-state index contributed by atoms with van der Waals surface area (Å²) in [6.45, 7) is 13.9. The molecule has 4 aromatic rings. The zero-order chi connectivity index (χ0) is 35.7. The zero-order valence-corrected chi connectivity index (χ0v) is 31.2. The van der Waals surface area contributed by atoms with Crippen molar-refractivity contribution in [2.24, 2.45) is 0 Å². The Hall–Kier alpha value is -3.76. The van der Waals surface area contributed by atoms with Crippen LogP contribution in [0.3, 0.4) is 0 Å². The van der Waals surface area contributed by atoms with Gasteiger partial charge in [-0.2, -0.15) is 0 Å². The first-order chi connectivity index (χ1) is 24.1. The fraction of sp³-hybridized carbons (Fsp3) is 0.463. The Morgan fingerprint density at radius 2 is 1.50 bits per heavy atom. The van der Waals surface area contributed by atoms with Gasteiger partial charge in [-0.25, -0.2) is 4.79 Å². The van der Waals surface area contributed by atoms with E-state index < -0.39 is 24.0 Å². The highest BCUT2D eigenvalue weighted by Gasteiger charge is 2.35. The molecule has 3 aromatic carbocycles. The average molecular weight is 700 g/mol. The molecular weight excluding hydrogens is 647 g/mol. The number of hydrogen-bond donors (Lipinski definition) is 2. The molecule has 268 valence electrons. The SMILES string of the molecule is CCOC(OCC)[C@H](C)N(Cc1csc2ccccc12)C(=O)[C@H](CCCCNC(=O)OC(C)(C)C)NCC1c2ccccc2-c2ccccc21. The summed E-state index contributed by atoms with van der Waals surface area (Å²) < 4.78 is 18.7. The van der Waals surface area contributed by atoms with Crippen molar-refractivity contribution < 1.29 is 23.8 Å². The summed E-state index contributed by atoms with van der Waals surface area (Å²) in [4.78, 5) is 29.2. The topological polar surface area (TPSA) is 89.1 Å². The molecule has 0 radical (unpaired) electrons. The second-order valence-corrected chi connectivity index (χ2v) is 14.8. The van der Waals surface area contributed by atoms with Crippen molar-refractivity contribution in [3.8, 4) is 11.1 Å². The van der Waals surface area contributed by atoms with E-state index in [4.69, 9.17) is 14.2 Å². The Morgan fingerprint density at radius 3 is 2.14 bits per heavy atom. The molecule has 5 rings (SSSR count). The van der Waals surface area contributed by atoms with Gasteiger partial charge < -0.3 is 29.7 Å². The van der Waals surface area contributed by atoms with Crippen molar-refractivity contribution >= 4 is 33.4 Å². The van der Waals surface area contributed by atoms with E-state index in [0.29, 0.717) is 45.7 Å². The van der Waals surface area contributed by atoms with Crippen molar-refractivity contribution in [3.05, 3.63) is 94.9 Å². The smallest absolute Gasteiger partial charge is 0.407 e. The molecule has 2 N–H and O–H groups in total. The Labute approximate surface area is 301 Å². The average Bonchev–Trinajstić information content (AvgIpc) is 3.65. The molecule has 9 heteroatoms.